The summed E-state index contributed by atoms with van der Waals surface area (Å²) in [5, 5.41) is 9.34. The molecule has 0 heterocycles. The molecule has 0 fully saturated rings. The van der Waals surface area contributed by atoms with Gasteiger partial charge in [-0.2, -0.15) is 0 Å². The molecule has 0 aromatic heterocycles. The number of carbonyl (C=O) groups excluding carboxylic acids is 3. The third-order valence-corrected chi connectivity index (χ3v) is 11.9. The zero-order valence-electron chi connectivity index (χ0n) is 40.6. The Morgan fingerprint density at radius 2 is 0.712 bits per heavy atom. The minimum Gasteiger partial charge on any atom is -0.466 e. The van der Waals surface area contributed by atoms with Crippen molar-refractivity contribution in [2.24, 2.45) is 11.8 Å². The third-order valence-electron chi connectivity index (χ3n) is 11.9. The number of hydrogen-bond acceptors (Lipinski definition) is 6. The standard InChI is InChI=1S/C47H91NO6.C5H12/c1-5-9-21-29-43(30-22-10-6-2)36-41-53-46(51)33-25-17-13-15-19-27-38-48(45(50)35-40-49)39-28-20-16-14-18-26-34-47(52)54-42-37-44(31-23-11-7-3)32-24-12-8-4;1-3-5-4-2/h43-44,49H,5-42H2,1-4H3;3-5H2,1-2H3. The number of unbranched alkanes of at least 4 members (excludes halogenated alkanes) is 20. The fourth-order valence-corrected chi connectivity index (χ4v) is 7.95. The van der Waals surface area contributed by atoms with Gasteiger partial charge in [0.2, 0.25) is 5.91 Å². The maximum Gasteiger partial charge on any atom is 0.305 e. The van der Waals surface area contributed by atoms with Crippen molar-refractivity contribution in [2.45, 2.75) is 273 Å². The van der Waals surface area contributed by atoms with Gasteiger partial charge >= 0.3 is 11.9 Å². The molecule has 0 aromatic carbocycles. The van der Waals surface area contributed by atoms with Gasteiger partial charge < -0.3 is 19.5 Å². The Labute approximate surface area is 368 Å². The van der Waals surface area contributed by atoms with E-state index in [2.05, 4.69) is 41.5 Å². The summed E-state index contributed by atoms with van der Waals surface area (Å²) in [4.78, 5) is 39.1. The van der Waals surface area contributed by atoms with Gasteiger partial charge in [0, 0.05) is 32.4 Å². The first-order valence-electron chi connectivity index (χ1n) is 26.0. The number of hydrogen-bond donors (Lipinski definition) is 1. The van der Waals surface area contributed by atoms with E-state index in [0.29, 0.717) is 37.9 Å². The smallest absolute Gasteiger partial charge is 0.305 e. The molecule has 0 spiro atoms. The van der Waals surface area contributed by atoms with E-state index in [0.717, 1.165) is 103 Å². The summed E-state index contributed by atoms with van der Waals surface area (Å²) >= 11 is 0. The summed E-state index contributed by atoms with van der Waals surface area (Å²) in [5.74, 6) is 1.35. The highest BCUT2D eigenvalue weighted by atomic mass is 16.5. The molecular weight excluding hydrogens is 735 g/mol. The van der Waals surface area contributed by atoms with Crippen LogP contribution in [0.4, 0.5) is 0 Å². The molecule has 0 aromatic rings. The van der Waals surface area contributed by atoms with Gasteiger partial charge in [-0.1, -0.05) is 215 Å². The van der Waals surface area contributed by atoms with Crippen LogP contribution in [0.3, 0.4) is 0 Å². The van der Waals surface area contributed by atoms with Crippen molar-refractivity contribution in [3.8, 4) is 0 Å². The molecule has 0 bridgehead atoms. The van der Waals surface area contributed by atoms with E-state index in [9.17, 15) is 19.5 Å². The third kappa shape index (κ3) is 44.2. The van der Waals surface area contributed by atoms with Gasteiger partial charge in [-0.15, -0.1) is 0 Å². The molecule has 0 aliphatic rings. The first kappa shape index (κ1) is 59.5. The van der Waals surface area contributed by atoms with E-state index in [-0.39, 0.29) is 30.9 Å². The normalized spacial score (nSPS) is 11.2. The number of carbonyl (C=O) groups is 3. The Morgan fingerprint density at radius 3 is 1.02 bits per heavy atom. The highest BCUT2D eigenvalue weighted by Gasteiger charge is 2.14. The van der Waals surface area contributed by atoms with Crippen LogP contribution >= 0.6 is 0 Å². The molecule has 59 heavy (non-hydrogen) atoms. The lowest BCUT2D eigenvalue weighted by molar-refractivity contribution is -0.145. The van der Waals surface area contributed by atoms with Crippen LogP contribution in [0.25, 0.3) is 0 Å². The number of ether oxygens (including phenoxy) is 2. The molecule has 0 atom stereocenters. The van der Waals surface area contributed by atoms with E-state index in [1.807, 2.05) is 4.90 Å². The number of nitrogens with zero attached hydrogens (tertiary/aromatic N) is 1. The Bertz CT molecular complexity index is 801. The van der Waals surface area contributed by atoms with Gasteiger partial charge in [-0.3, -0.25) is 14.4 Å². The fourth-order valence-electron chi connectivity index (χ4n) is 7.95. The van der Waals surface area contributed by atoms with Crippen molar-refractivity contribution >= 4 is 17.8 Å². The minimum atomic E-state index is -0.100. The number of rotatable bonds is 44. The minimum absolute atomic E-state index is 0.0429. The quantitative estimate of drug-likeness (QED) is 0.0485. The Balaban J connectivity index is 0. The van der Waals surface area contributed by atoms with Crippen molar-refractivity contribution in [3.05, 3.63) is 0 Å². The second-order valence-electron chi connectivity index (χ2n) is 17.7. The lowest BCUT2D eigenvalue weighted by atomic mass is 9.92. The first-order valence-corrected chi connectivity index (χ1v) is 26.0. The average Bonchev–Trinajstić information content (AvgIpc) is 3.22. The van der Waals surface area contributed by atoms with Crippen LogP contribution in [0.5, 0.6) is 0 Å². The molecule has 352 valence electrons. The number of esters is 2. The van der Waals surface area contributed by atoms with Crippen molar-refractivity contribution in [1.29, 1.82) is 0 Å². The molecule has 0 aliphatic carbocycles. The molecule has 0 radical (unpaired) electrons. The highest BCUT2D eigenvalue weighted by Crippen LogP contribution is 2.23. The number of amides is 1. The van der Waals surface area contributed by atoms with Crippen molar-refractivity contribution in [3.63, 3.8) is 0 Å². The predicted octanol–water partition coefficient (Wildman–Crippen LogP) is 15.3. The molecule has 7 heteroatoms. The summed E-state index contributed by atoms with van der Waals surface area (Å²) in [7, 11) is 0. The second-order valence-corrected chi connectivity index (χ2v) is 17.7. The SMILES string of the molecule is CCCCC.CCCCCC(CCCCC)CCOC(=O)CCCCCCCCN(CCCCCCCCC(=O)OCCC(CCCCC)CCCCC)C(=O)CCO. The molecular formula is C52H103NO6. The summed E-state index contributed by atoms with van der Waals surface area (Å²) in [6, 6.07) is 0. The van der Waals surface area contributed by atoms with Crippen LogP contribution < -0.4 is 0 Å². The molecule has 1 N–H and O–H groups in total. The number of aliphatic hydroxyl groups is 1. The van der Waals surface area contributed by atoms with E-state index in [1.54, 1.807) is 0 Å². The van der Waals surface area contributed by atoms with Crippen molar-refractivity contribution in [2.75, 3.05) is 32.9 Å². The molecule has 0 rings (SSSR count). The Kier molecular flexibility index (Phi) is 49.4. The zero-order valence-corrected chi connectivity index (χ0v) is 40.6. The van der Waals surface area contributed by atoms with Crippen LogP contribution in [0, 0.1) is 11.8 Å². The zero-order chi connectivity index (χ0) is 43.9. The van der Waals surface area contributed by atoms with Gasteiger partial charge in [0.25, 0.3) is 0 Å². The topological polar surface area (TPSA) is 93.1 Å². The van der Waals surface area contributed by atoms with Crippen molar-refractivity contribution < 1.29 is 29.0 Å². The molecule has 7 nitrogen and oxygen atoms in total. The van der Waals surface area contributed by atoms with E-state index in [4.69, 9.17) is 9.47 Å². The number of aliphatic hydroxyl groups excluding tert-OH is 1. The van der Waals surface area contributed by atoms with Gasteiger partial charge in [-0.05, 0) is 50.4 Å². The van der Waals surface area contributed by atoms with E-state index < -0.39 is 0 Å². The predicted molar refractivity (Wildman–Crippen MR) is 253 cm³/mol. The van der Waals surface area contributed by atoms with Crippen LogP contribution in [0.15, 0.2) is 0 Å². The first-order chi connectivity index (χ1) is 28.8. The highest BCUT2D eigenvalue weighted by molar-refractivity contribution is 5.76. The molecule has 0 saturated heterocycles. The Morgan fingerprint density at radius 1 is 0.390 bits per heavy atom. The van der Waals surface area contributed by atoms with E-state index >= 15 is 0 Å². The monoisotopic (exact) mass is 838 g/mol. The maximum absolute atomic E-state index is 12.6. The molecule has 1 amide bonds. The fraction of sp³-hybridized carbons (Fsp3) is 0.942. The van der Waals surface area contributed by atoms with Crippen LogP contribution in [-0.4, -0.2) is 60.8 Å². The maximum atomic E-state index is 12.6. The Hall–Kier alpha value is -1.63. The molecule has 0 unspecified atom stereocenters. The van der Waals surface area contributed by atoms with Gasteiger partial charge in [0.1, 0.15) is 0 Å². The van der Waals surface area contributed by atoms with Gasteiger partial charge in [-0.25, -0.2) is 0 Å². The van der Waals surface area contributed by atoms with Crippen LogP contribution in [0.2, 0.25) is 0 Å². The lowest BCUT2D eigenvalue weighted by Gasteiger charge is -2.22. The van der Waals surface area contributed by atoms with Crippen molar-refractivity contribution in [1.82, 2.24) is 4.90 Å². The molecule has 0 aliphatic heterocycles. The van der Waals surface area contributed by atoms with Gasteiger partial charge in [0.05, 0.1) is 19.8 Å². The van der Waals surface area contributed by atoms with Crippen LogP contribution in [0.1, 0.15) is 273 Å². The largest absolute Gasteiger partial charge is 0.466 e. The second kappa shape index (κ2) is 49.0. The average molecular weight is 838 g/mol. The van der Waals surface area contributed by atoms with E-state index in [1.165, 1.54) is 122 Å². The molecule has 0 saturated carbocycles. The summed E-state index contributed by atoms with van der Waals surface area (Å²) in [6.45, 7) is 16.0. The summed E-state index contributed by atoms with van der Waals surface area (Å²) in [5.41, 5.74) is 0. The van der Waals surface area contributed by atoms with Crippen LogP contribution in [-0.2, 0) is 23.9 Å². The summed E-state index contributed by atoms with van der Waals surface area (Å²) in [6.07, 6.45) is 40.2. The lowest BCUT2D eigenvalue weighted by Crippen LogP contribution is -2.33. The summed E-state index contributed by atoms with van der Waals surface area (Å²) < 4.78 is 11.2. The van der Waals surface area contributed by atoms with Gasteiger partial charge in [0.15, 0.2) is 0 Å².